The normalized spacial score (nSPS) is 20.8. The Labute approximate surface area is 140 Å². The summed E-state index contributed by atoms with van der Waals surface area (Å²) in [7, 11) is -2.31. The zero-order chi connectivity index (χ0) is 17.5. The second kappa shape index (κ2) is 9.13. The highest BCUT2D eigenvalue weighted by atomic mass is 28.4. The van der Waals surface area contributed by atoms with Crippen molar-refractivity contribution in [2.24, 2.45) is 0 Å². The van der Waals surface area contributed by atoms with Crippen LogP contribution in [0.1, 0.15) is 53.4 Å². The minimum atomic E-state index is -2.31. The minimum absolute atomic E-state index is 0.145. The zero-order valence-corrected chi connectivity index (χ0v) is 16.3. The van der Waals surface area contributed by atoms with Crippen LogP contribution < -0.4 is 0 Å². The van der Waals surface area contributed by atoms with Crippen LogP contribution >= 0.6 is 0 Å². The van der Waals surface area contributed by atoms with Gasteiger partial charge in [0.15, 0.2) is 6.29 Å². The molecule has 23 heavy (non-hydrogen) atoms. The molecule has 0 bridgehead atoms. The van der Waals surface area contributed by atoms with E-state index in [-0.39, 0.29) is 11.7 Å². The number of ether oxygens (including phenoxy) is 4. The Hall–Kier alpha value is -0.473. The molecule has 0 radical (unpaired) electrons. The van der Waals surface area contributed by atoms with Gasteiger partial charge in [0.05, 0.1) is 18.9 Å². The highest BCUT2D eigenvalue weighted by molar-refractivity contribution is 6.73. The first kappa shape index (κ1) is 20.6. The molecule has 0 aromatic carbocycles. The maximum atomic E-state index is 11.3. The molecule has 1 aliphatic rings. The molecule has 1 fully saturated rings. The van der Waals surface area contributed by atoms with Crippen molar-refractivity contribution in [2.75, 3.05) is 13.2 Å². The summed E-state index contributed by atoms with van der Waals surface area (Å²) in [4.78, 5) is 11.3. The van der Waals surface area contributed by atoms with Crippen molar-refractivity contribution in [2.45, 2.75) is 84.5 Å². The third kappa shape index (κ3) is 6.15. The highest BCUT2D eigenvalue weighted by Gasteiger charge is 2.41. The van der Waals surface area contributed by atoms with E-state index in [1.807, 2.05) is 33.9 Å². The van der Waals surface area contributed by atoms with Gasteiger partial charge in [-0.1, -0.05) is 20.8 Å². The van der Waals surface area contributed by atoms with Crippen LogP contribution in [-0.4, -0.2) is 45.5 Å². The molecule has 7 heteroatoms. The number of rotatable bonds is 9. The van der Waals surface area contributed by atoms with Crippen LogP contribution in [-0.2, 0) is 28.2 Å². The molecule has 2 atom stereocenters. The molecule has 6 nitrogen and oxygen atoms in total. The van der Waals surface area contributed by atoms with E-state index in [9.17, 15) is 4.79 Å². The van der Waals surface area contributed by atoms with E-state index in [4.69, 9.17) is 23.4 Å². The Kier molecular flexibility index (Phi) is 8.16. The van der Waals surface area contributed by atoms with E-state index < -0.39 is 20.6 Å². The van der Waals surface area contributed by atoms with Crippen molar-refractivity contribution in [1.82, 2.24) is 0 Å². The average molecular weight is 349 g/mol. The van der Waals surface area contributed by atoms with Gasteiger partial charge in [0.2, 0.25) is 0 Å². The van der Waals surface area contributed by atoms with Crippen LogP contribution in [0.25, 0.3) is 0 Å². The summed E-state index contributed by atoms with van der Waals surface area (Å²) in [6, 6.07) is 0. The van der Waals surface area contributed by atoms with Crippen molar-refractivity contribution >= 4 is 14.3 Å². The lowest BCUT2D eigenvalue weighted by Crippen LogP contribution is -2.51. The topological polar surface area (TPSA) is 63.2 Å². The molecular formula is C16H32O6Si. The summed E-state index contributed by atoms with van der Waals surface area (Å²) in [6.45, 7) is 12.6. The highest BCUT2D eigenvalue weighted by Crippen LogP contribution is 2.29. The van der Waals surface area contributed by atoms with Gasteiger partial charge >= 0.3 is 0 Å². The van der Waals surface area contributed by atoms with Gasteiger partial charge in [-0.05, 0) is 32.4 Å². The molecule has 0 N–H and O–H groups in total. The molecule has 0 aliphatic carbocycles. The second-order valence-electron chi connectivity index (χ2n) is 6.27. The lowest BCUT2D eigenvalue weighted by molar-refractivity contribution is -0.436. The van der Waals surface area contributed by atoms with Gasteiger partial charge in [-0.25, -0.2) is 0 Å². The molecule has 1 rings (SSSR count). The predicted molar refractivity (Wildman–Crippen MR) is 89.1 cm³/mol. The summed E-state index contributed by atoms with van der Waals surface area (Å²) < 4.78 is 29.1. The third-order valence-corrected chi connectivity index (χ3v) is 6.79. The summed E-state index contributed by atoms with van der Waals surface area (Å²) in [6.07, 6.45) is 2.42. The molecule has 2 unspecified atom stereocenters. The van der Waals surface area contributed by atoms with Crippen LogP contribution in [0, 0.1) is 0 Å². The van der Waals surface area contributed by atoms with Crippen molar-refractivity contribution in [3.63, 3.8) is 0 Å². The first-order valence-corrected chi connectivity index (χ1v) is 11.6. The Bertz CT molecular complexity index is 368. The fraction of sp³-hybridized carbons (Fsp3) is 0.938. The van der Waals surface area contributed by atoms with Crippen molar-refractivity contribution in [3.05, 3.63) is 0 Å². The Balaban J connectivity index is 2.74. The van der Waals surface area contributed by atoms with Crippen molar-refractivity contribution < 1.29 is 28.2 Å². The molecule has 1 heterocycles. The fourth-order valence-electron chi connectivity index (χ4n) is 2.69. The van der Waals surface area contributed by atoms with E-state index in [0.29, 0.717) is 26.1 Å². The summed E-state index contributed by atoms with van der Waals surface area (Å²) >= 11 is 0. The molecule has 136 valence electrons. The Morgan fingerprint density at radius 3 is 2.22 bits per heavy atom. The van der Waals surface area contributed by atoms with Crippen LogP contribution in [0.3, 0.4) is 0 Å². The molecule has 0 spiro atoms. The Morgan fingerprint density at radius 1 is 1.17 bits per heavy atom. The third-order valence-electron chi connectivity index (χ3n) is 3.88. The molecule has 0 amide bonds. The number of hydrogen-bond donors (Lipinski definition) is 0. The van der Waals surface area contributed by atoms with Gasteiger partial charge < -0.3 is 18.6 Å². The van der Waals surface area contributed by atoms with Crippen LogP contribution in [0.5, 0.6) is 0 Å². The van der Waals surface area contributed by atoms with Crippen LogP contribution in [0.15, 0.2) is 0 Å². The van der Waals surface area contributed by atoms with Gasteiger partial charge in [-0.2, -0.15) is 0 Å². The Morgan fingerprint density at radius 2 is 1.78 bits per heavy atom. The number of carbonyl (C=O) groups excluding carboxylic acids is 1. The standard InChI is InChI=1S/C16H32O6Si/c1-7-14(21-16(9-3)18-11-10-12-19-16)20-15(8-2)23(5,6)22-13(4)17/h14-15H,7-12H2,1-6H3. The number of carbonyl (C=O) groups is 1. The van der Waals surface area contributed by atoms with E-state index in [1.165, 1.54) is 6.92 Å². The molecule has 0 saturated carbocycles. The summed E-state index contributed by atoms with van der Waals surface area (Å²) in [5.74, 6) is -1.29. The maximum Gasteiger partial charge on any atom is 0.289 e. The van der Waals surface area contributed by atoms with Crippen molar-refractivity contribution in [1.29, 1.82) is 0 Å². The smallest absolute Gasteiger partial charge is 0.289 e. The lowest BCUT2D eigenvalue weighted by Gasteiger charge is -2.40. The molecule has 1 saturated heterocycles. The fourth-order valence-corrected chi connectivity index (χ4v) is 5.03. The van der Waals surface area contributed by atoms with E-state index in [1.54, 1.807) is 0 Å². The molecular weight excluding hydrogens is 316 g/mol. The quantitative estimate of drug-likeness (QED) is 0.470. The molecule has 0 aromatic heterocycles. The maximum absolute atomic E-state index is 11.3. The first-order chi connectivity index (χ1) is 10.8. The minimum Gasteiger partial charge on any atom is -0.517 e. The van der Waals surface area contributed by atoms with Gasteiger partial charge in [-0.3, -0.25) is 9.53 Å². The second-order valence-corrected chi connectivity index (χ2v) is 10.3. The largest absolute Gasteiger partial charge is 0.517 e. The van der Waals surface area contributed by atoms with Crippen LogP contribution in [0.4, 0.5) is 0 Å². The average Bonchev–Trinajstić information content (AvgIpc) is 2.50. The van der Waals surface area contributed by atoms with E-state index in [2.05, 4.69) is 0 Å². The molecule has 0 aromatic rings. The summed E-state index contributed by atoms with van der Waals surface area (Å²) in [5, 5.41) is 0. The molecule has 1 aliphatic heterocycles. The first-order valence-electron chi connectivity index (χ1n) is 8.59. The van der Waals surface area contributed by atoms with E-state index in [0.717, 1.165) is 12.8 Å². The van der Waals surface area contributed by atoms with Gasteiger partial charge in [0, 0.05) is 13.3 Å². The monoisotopic (exact) mass is 348 g/mol. The van der Waals surface area contributed by atoms with Gasteiger partial charge in [0.25, 0.3) is 20.3 Å². The number of hydrogen-bond acceptors (Lipinski definition) is 6. The lowest BCUT2D eigenvalue weighted by atomic mass is 10.3. The van der Waals surface area contributed by atoms with Crippen LogP contribution in [0.2, 0.25) is 13.1 Å². The SMILES string of the molecule is CCC(OC(CC)[Si](C)(C)OC(C)=O)OC1(CC)OCCCO1. The summed E-state index contributed by atoms with van der Waals surface area (Å²) in [5.41, 5.74) is -0.145. The predicted octanol–water partition coefficient (Wildman–Crippen LogP) is 3.34. The van der Waals surface area contributed by atoms with Gasteiger partial charge in [-0.15, -0.1) is 0 Å². The van der Waals surface area contributed by atoms with E-state index >= 15 is 0 Å². The van der Waals surface area contributed by atoms with Crippen molar-refractivity contribution in [3.8, 4) is 0 Å². The van der Waals surface area contributed by atoms with Gasteiger partial charge in [0.1, 0.15) is 0 Å². The zero-order valence-electron chi connectivity index (χ0n) is 15.3.